The molecule has 1 aromatic heterocycles. The van der Waals surface area contributed by atoms with Crippen LogP contribution < -0.4 is 4.74 Å². The zero-order valence-corrected chi connectivity index (χ0v) is 14.6. The predicted molar refractivity (Wildman–Crippen MR) is 99.6 cm³/mol. The highest BCUT2D eigenvalue weighted by Crippen LogP contribution is 2.42. The highest BCUT2D eigenvalue weighted by atomic mass is 19.1. The van der Waals surface area contributed by atoms with Crippen molar-refractivity contribution in [2.45, 2.75) is 20.1 Å². The van der Waals surface area contributed by atoms with Crippen molar-refractivity contribution in [1.29, 1.82) is 0 Å². The van der Waals surface area contributed by atoms with Crippen molar-refractivity contribution in [2.24, 2.45) is 5.18 Å². The molecule has 0 unspecified atom stereocenters. The Morgan fingerprint density at radius 2 is 2.22 bits per heavy atom. The number of rotatable bonds is 4. The van der Waals surface area contributed by atoms with Crippen molar-refractivity contribution in [2.75, 3.05) is 6.79 Å². The van der Waals surface area contributed by atoms with Gasteiger partial charge in [0.1, 0.15) is 11.6 Å². The molecule has 0 aliphatic carbocycles. The third-order valence-electron chi connectivity index (χ3n) is 4.59. The molecule has 1 aliphatic rings. The molecule has 1 aliphatic heterocycles. The van der Waals surface area contributed by atoms with Crippen molar-refractivity contribution in [3.05, 3.63) is 63.8 Å². The fraction of sp³-hybridized carbons (Fsp3) is 0.200. The molecule has 2 aromatic carbocycles. The zero-order chi connectivity index (χ0) is 19.0. The van der Waals surface area contributed by atoms with Crippen molar-refractivity contribution < 1.29 is 19.0 Å². The minimum absolute atomic E-state index is 0.0341. The molecule has 0 saturated heterocycles. The second-order valence-corrected chi connectivity index (χ2v) is 6.25. The summed E-state index contributed by atoms with van der Waals surface area (Å²) in [6.07, 6.45) is 3.68. The van der Waals surface area contributed by atoms with Crippen LogP contribution in [-0.2, 0) is 17.9 Å². The van der Waals surface area contributed by atoms with E-state index in [1.165, 1.54) is 16.7 Å². The van der Waals surface area contributed by atoms with Crippen molar-refractivity contribution >= 4 is 22.7 Å². The number of nitroso groups, excluding NO2 is 1. The summed E-state index contributed by atoms with van der Waals surface area (Å²) in [6, 6.07) is 8.18. The third-order valence-corrected chi connectivity index (χ3v) is 4.59. The maximum atomic E-state index is 14.0. The maximum Gasteiger partial charge on any atom is 0.222 e. The van der Waals surface area contributed by atoms with E-state index in [1.807, 2.05) is 31.2 Å². The van der Waals surface area contributed by atoms with Gasteiger partial charge in [0.05, 0.1) is 18.7 Å². The molecule has 0 amide bonds. The van der Waals surface area contributed by atoms with Crippen LogP contribution in [0.4, 0.5) is 10.1 Å². The molecular weight excluding hydrogens is 351 g/mol. The quantitative estimate of drug-likeness (QED) is 0.669. The molecule has 0 saturated carbocycles. The monoisotopic (exact) mass is 368 g/mol. The molecular formula is C20H17FN2O4. The molecule has 4 rings (SSSR count). The Balaban J connectivity index is 1.91. The van der Waals surface area contributed by atoms with Gasteiger partial charge in [0.2, 0.25) is 5.88 Å². The Kier molecular flexibility index (Phi) is 4.37. The van der Waals surface area contributed by atoms with E-state index in [0.29, 0.717) is 27.8 Å². The summed E-state index contributed by atoms with van der Waals surface area (Å²) in [5.41, 5.74) is 2.52. The lowest BCUT2D eigenvalue weighted by atomic mass is 10.1. The van der Waals surface area contributed by atoms with E-state index in [0.717, 1.165) is 5.56 Å². The summed E-state index contributed by atoms with van der Waals surface area (Å²) >= 11 is 0. The summed E-state index contributed by atoms with van der Waals surface area (Å²) in [5, 5.41) is 14.2. The standard InChI is InChI=1S/C20H17FN2O4/c1-2-4-12-5-3-6-16-17(12)18(22-25)20(24)23(16)9-13-7-15(21)8-14-10-26-11-27-19(13)14/h2-8,24H,9-11H2,1H3/b4-2+. The first-order chi connectivity index (χ1) is 13.1. The van der Waals surface area contributed by atoms with Gasteiger partial charge in [0, 0.05) is 16.5 Å². The van der Waals surface area contributed by atoms with Gasteiger partial charge in [-0.2, -0.15) is 0 Å². The van der Waals surface area contributed by atoms with E-state index in [4.69, 9.17) is 9.47 Å². The van der Waals surface area contributed by atoms with Gasteiger partial charge >= 0.3 is 0 Å². The number of hydrogen-bond donors (Lipinski definition) is 1. The molecule has 2 heterocycles. The molecule has 7 heteroatoms. The molecule has 138 valence electrons. The number of aromatic nitrogens is 1. The second-order valence-electron chi connectivity index (χ2n) is 6.25. The lowest BCUT2D eigenvalue weighted by Crippen LogP contribution is -2.14. The van der Waals surface area contributed by atoms with Crippen LogP contribution in [0.1, 0.15) is 23.6 Å². The minimum Gasteiger partial charge on any atom is -0.493 e. The summed E-state index contributed by atoms with van der Waals surface area (Å²) in [5.74, 6) is -0.145. The van der Waals surface area contributed by atoms with E-state index >= 15 is 0 Å². The molecule has 0 spiro atoms. The van der Waals surface area contributed by atoms with Crippen LogP contribution in [0.3, 0.4) is 0 Å². The zero-order valence-electron chi connectivity index (χ0n) is 14.6. The van der Waals surface area contributed by atoms with Gasteiger partial charge in [-0.1, -0.05) is 24.3 Å². The average Bonchev–Trinajstić information content (AvgIpc) is 2.94. The maximum absolute atomic E-state index is 14.0. The second kappa shape index (κ2) is 6.85. The Morgan fingerprint density at radius 3 is 3.00 bits per heavy atom. The Hall–Kier alpha value is -3.19. The van der Waals surface area contributed by atoms with Crippen LogP contribution in [0, 0.1) is 10.7 Å². The van der Waals surface area contributed by atoms with Gasteiger partial charge in [0.25, 0.3) is 0 Å². The number of ether oxygens (including phenoxy) is 2. The Labute approximate surface area is 154 Å². The molecule has 0 atom stereocenters. The molecule has 0 radical (unpaired) electrons. The van der Waals surface area contributed by atoms with Gasteiger partial charge in [-0.15, -0.1) is 4.91 Å². The van der Waals surface area contributed by atoms with E-state index in [1.54, 1.807) is 6.07 Å². The van der Waals surface area contributed by atoms with Crippen molar-refractivity contribution in [1.82, 2.24) is 4.57 Å². The molecule has 0 fully saturated rings. The van der Waals surface area contributed by atoms with E-state index in [-0.39, 0.29) is 31.5 Å². The first kappa shape index (κ1) is 17.2. The number of allylic oxidation sites excluding steroid dienone is 1. The predicted octanol–water partition coefficient (Wildman–Crippen LogP) is 4.83. The van der Waals surface area contributed by atoms with E-state index in [9.17, 15) is 14.4 Å². The van der Waals surface area contributed by atoms with Gasteiger partial charge in [-0.25, -0.2) is 4.39 Å². The summed E-state index contributed by atoms with van der Waals surface area (Å²) < 4.78 is 26.3. The van der Waals surface area contributed by atoms with E-state index < -0.39 is 5.82 Å². The lowest BCUT2D eigenvalue weighted by molar-refractivity contribution is -0.0173. The van der Waals surface area contributed by atoms with Crippen molar-refractivity contribution in [3.8, 4) is 11.6 Å². The normalized spacial score (nSPS) is 13.7. The average molecular weight is 368 g/mol. The van der Waals surface area contributed by atoms with Gasteiger partial charge in [0.15, 0.2) is 12.5 Å². The number of halogens is 1. The van der Waals surface area contributed by atoms with Crippen LogP contribution in [0.2, 0.25) is 0 Å². The molecule has 6 nitrogen and oxygen atoms in total. The Morgan fingerprint density at radius 1 is 1.37 bits per heavy atom. The summed E-state index contributed by atoms with van der Waals surface area (Å²) in [7, 11) is 0. The Bertz CT molecular complexity index is 1070. The minimum atomic E-state index is -0.419. The number of fused-ring (bicyclic) bond motifs is 2. The molecule has 3 aromatic rings. The van der Waals surface area contributed by atoms with Gasteiger partial charge in [-0.3, -0.25) is 0 Å². The number of benzene rings is 2. The summed E-state index contributed by atoms with van der Waals surface area (Å²) in [6.45, 7) is 2.32. The number of nitrogens with zero attached hydrogens (tertiary/aromatic N) is 2. The van der Waals surface area contributed by atoms with Crippen LogP contribution in [0.5, 0.6) is 11.6 Å². The van der Waals surface area contributed by atoms with Crippen LogP contribution in [-0.4, -0.2) is 16.5 Å². The van der Waals surface area contributed by atoms with Gasteiger partial charge < -0.3 is 19.1 Å². The van der Waals surface area contributed by atoms with E-state index in [2.05, 4.69) is 5.18 Å². The molecule has 0 bridgehead atoms. The SMILES string of the molecule is C/C=C/c1cccc2c1c(N=O)c(O)n2Cc1cc(F)cc2c1OCOC2. The van der Waals surface area contributed by atoms with Crippen LogP contribution >= 0.6 is 0 Å². The van der Waals surface area contributed by atoms with Crippen LogP contribution in [0.15, 0.2) is 41.6 Å². The fourth-order valence-corrected chi connectivity index (χ4v) is 3.50. The highest BCUT2D eigenvalue weighted by molar-refractivity contribution is 6.01. The molecule has 1 N–H and O–H groups in total. The van der Waals surface area contributed by atoms with Crippen molar-refractivity contribution in [3.63, 3.8) is 0 Å². The third kappa shape index (κ3) is 2.86. The fourth-order valence-electron chi connectivity index (χ4n) is 3.50. The summed E-state index contributed by atoms with van der Waals surface area (Å²) in [4.78, 5) is 11.4. The van der Waals surface area contributed by atoms with Crippen LogP contribution in [0.25, 0.3) is 17.0 Å². The molecule has 27 heavy (non-hydrogen) atoms. The number of hydrogen-bond acceptors (Lipinski definition) is 5. The highest BCUT2D eigenvalue weighted by Gasteiger charge is 2.23. The topological polar surface area (TPSA) is 73.0 Å². The van der Waals surface area contributed by atoms with Gasteiger partial charge in [-0.05, 0) is 35.9 Å². The first-order valence-electron chi connectivity index (χ1n) is 8.46. The largest absolute Gasteiger partial charge is 0.493 e. The first-order valence-corrected chi connectivity index (χ1v) is 8.46. The number of aromatic hydroxyl groups is 1. The lowest BCUT2D eigenvalue weighted by Gasteiger charge is -2.21. The smallest absolute Gasteiger partial charge is 0.222 e.